The van der Waals surface area contributed by atoms with Gasteiger partial charge < -0.3 is 5.32 Å². The number of para-hydroxylation sites is 1. The van der Waals surface area contributed by atoms with E-state index in [-0.39, 0.29) is 17.4 Å². The van der Waals surface area contributed by atoms with Crippen molar-refractivity contribution < 1.29 is 4.79 Å². The summed E-state index contributed by atoms with van der Waals surface area (Å²) in [6, 6.07) is 10.3. The molecule has 144 valence electrons. The number of likely N-dealkylation sites (tertiary alicyclic amines) is 1. The highest BCUT2D eigenvalue weighted by molar-refractivity contribution is 5.78. The van der Waals surface area contributed by atoms with E-state index in [1.165, 1.54) is 30.5 Å². The van der Waals surface area contributed by atoms with Crippen molar-refractivity contribution in [3.05, 3.63) is 47.8 Å². The molecule has 1 unspecified atom stereocenters. The number of fused-ring (bicyclic) bond motifs is 1. The molecule has 2 heterocycles. The Morgan fingerprint density at radius 3 is 2.67 bits per heavy atom. The molecule has 1 aliphatic heterocycles. The molecule has 5 nitrogen and oxygen atoms in total. The first-order chi connectivity index (χ1) is 13.0. The highest BCUT2D eigenvalue weighted by Crippen LogP contribution is 2.41. The third-order valence-corrected chi connectivity index (χ3v) is 5.83. The molecule has 2 aromatic rings. The highest BCUT2D eigenvalue weighted by Gasteiger charge is 2.36. The summed E-state index contributed by atoms with van der Waals surface area (Å²) in [7, 11) is 0. The van der Waals surface area contributed by atoms with Gasteiger partial charge in [0.05, 0.1) is 30.2 Å². The SMILES string of the molecule is CC1(C)Cc2c(cnn2-c2ccccc2)C(NC(=O)CN2CCCCC2)C1. The zero-order valence-corrected chi connectivity index (χ0v) is 16.4. The molecular formula is C22H30N4O. The predicted molar refractivity (Wildman–Crippen MR) is 107 cm³/mol. The van der Waals surface area contributed by atoms with Gasteiger partial charge in [0, 0.05) is 5.56 Å². The lowest BCUT2D eigenvalue weighted by Crippen LogP contribution is -2.43. The van der Waals surface area contributed by atoms with Gasteiger partial charge in [0.15, 0.2) is 0 Å². The van der Waals surface area contributed by atoms with Crippen LogP contribution >= 0.6 is 0 Å². The molecule has 0 bridgehead atoms. The van der Waals surface area contributed by atoms with E-state index in [4.69, 9.17) is 0 Å². The molecule has 0 saturated carbocycles. The third-order valence-electron chi connectivity index (χ3n) is 5.83. The van der Waals surface area contributed by atoms with Crippen LogP contribution in [-0.2, 0) is 11.2 Å². The van der Waals surface area contributed by atoms with Crippen molar-refractivity contribution in [3.63, 3.8) is 0 Å². The molecule has 0 radical (unpaired) electrons. The number of nitrogens with zero attached hydrogens (tertiary/aromatic N) is 3. The maximum Gasteiger partial charge on any atom is 0.234 e. The Kier molecular flexibility index (Phi) is 5.04. The quantitative estimate of drug-likeness (QED) is 0.901. The monoisotopic (exact) mass is 366 g/mol. The number of carbonyl (C=O) groups is 1. The predicted octanol–water partition coefficient (Wildman–Crippen LogP) is 3.49. The molecule has 1 fully saturated rings. The molecule has 1 saturated heterocycles. The fraction of sp³-hybridized carbons (Fsp3) is 0.545. The number of hydrogen-bond donors (Lipinski definition) is 1. The lowest BCUT2D eigenvalue weighted by molar-refractivity contribution is -0.123. The van der Waals surface area contributed by atoms with Crippen molar-refractivity contribution in [2.75, 3.05) is 19.6 Å². The van der Waals surface area contributed by atoms with Gasteiger partial charge in [-0.15, -0.1) is 0 Å². The minimum atomic E-state index is 0.0403. The summed E-state index contributed by atoms with van der Waals surface area (Å²) in [4.78, 5) is 15.0. The molecule has 1 N–H and O–H groups in total. The number of benzene rings is 1. The Hall–Kier alpha value is -2.14. The van der Waals surface area contributed by atoms with Crippen LogP contribution in [0.2, 0.25) is 0 Å². The van der Waals surface area contributed by atoms with Crippen LogP contribution in [0.3, 0.4) is 0 Å². The lowest BCUT2D eigenvalue weighted by atomic mass is 9.74. The molecule has 1 atom stereocenters. The Bertz CT molecular complexity index is 790. The number of rotatable bonds is 4. The van der Waals surface area contributed by atoms with Crippen LogP contribution in [0.15, 0.2) is 36.5 Å². The molecule has 1 amide bonds. The second kappa shape index (κ2) is 7.47. The molecule has 1 aliphatic carbocycles. The minimum absolute atomic E-state index is 0.0403. The molecule has 0 spiro atoms. The van der Waals surface area contributed by atoms with Gasteiger partial charge in [0.1, 0.15) is 0 Å². The Morgan fingerprint density at radius 2 is 1.93 bits per heavy atom. The average molecular weight is 367 g/mol. The largest absolute Gasteiger partial charge is 0.348 e. The second-order valence-electron chi connectivity index (χ2n) is 8.80. The first-order valence-electron chi connectivity index (χ1n) is 10.2. The number of nitrogens with one attached hydrogen (secondary N) is 1. The topological polar surface area (TPSA) is 50.2 Å². The number of carbonyl (C=O) groups excluding carboxylic acids is 1. The van der Waals surface area contributed by atoms with Gasteiger partial charge in [-0.3, -0.25) is 9.69 Å². The van der Waals surface area contributed by atoms with Gasteiger partial charge in [0.25, 0.3) is 0 Å². The molecule has 27 heavy (non-hydrogen) atoms. The fourth-order valence-electron chi connectivity index (χ4n) is 4.52. The maximum atomic E-state index is 12.7. The van der Waals surface area contributed by atoms with Crippen molar-refractivity contribution in [3.8, 4) is 5.69 Å². The van der Waals surface area contributed by atoms with Crippen molar-refractivity contribution in [2.45, 2.75) is 52.0 Å². The molecule has 5 heteroatoms. The average Bonchev–Trinajstić information content (AvgIpc) is 3.06. The Labute approximate surface area is 161 Å². The smallest absolute Gasteiger partial charge is 0.234 e. The Morgan fingerprint density at radius 1 is 1.19 bits per heavy atom. The van der Waals surface area contributed by atoms with Crippen molar-refractivity contribution in [1.82, 2.24) is 20.0 Å². The van der Waals surface area contributed by atoms with E-state index < -0.39 is 0 Å². The summed E-state index contributed by atoms with van der Waals surface area (Å²) in [5.74, 6) is 0.137. The van der Waals surface area contributed by atoms with Crippen molar-refractivity contribution in [1.29, 1.82) is 0 Å². The number of amides is 1. The first kappa shape index (κ1) is 18.2. The van der Waals surface area contributed by atoms with Crippen LogP contribution in [0.1, 0.15) is 56.8 Å². The minimum Gasteiger partial charge on any atom is -0.348 e. The lowest BCUT2D eigenvalue weighted by Gasteiger charge is -2.36. The molecule has 2 aliphatic rings. The van der Waals surface area contributed by atoms with E-state index in [9.17, 15) is 4.79 Å². The third kappa shape index (κ3) is 4.08. The summed E-state index contributed by atoms with van der Waals surface area (Å²) < 4.78 is 2.04. The van der Waals surface area contributed by atoms with Gasteiger partial charge >= 0.3 is 0 Å². The molecular weight excluding hydrogens is 336 g/mol. The van der Waals surface area contributed by atoms with Gasteiger partial charge in [-0.1, -0.05) is 38.5 Å². The molecule has 4 rings (SSSR count). The van der Waals surface area contributed by atoms with E-state index in [0.29, 0.717) is 6.54 Å². The number of hydrogen-bond acceptors (Lipinski definition) is 3. The summed E-state index contributed by atoms with van der Waals surface area (Å²) in [6.45, 7) is 7.16. The zero-order valence-electron chi connectivity index (χ0n) is 16.4. The van der Waals surface area contributed by atoms with Crippen LogP contribution in [0.4, 0.5) is 0 Å². The summed E-state index contributed by atoms with van der Waals surface area (Å²) >= 11 is 0. The normalized spacial score (nSPS) is 22.2. The zero-order chi connectivity index (χ0) is 18.9. The van der Waals surface area contributed by atoms with Crippen LogP contribution in [0.25, 0.3) is 5.69 Å². The van der Waals surface area contributed by atoms with Crippen LogP contribution in [0, 0.1) is 5.41 Å². The molecule has 1 aromatic heterocycles. The van der Waals surface area contributed by atoms with E-state index in [1.54, 1.807) is 0 Å². The standard InChI is InChI=1S/C22H30N4O/c1-22(2)13-19(24-21(27)16-25-11-7-4-8-12-25)18-15-23-26(20(18)14-22)17-9-5-3-6-10-17/h3,5-6,9-10,15,19H,4,7-8,11-14,16H2,1-2H3,(H,24,27). The Balaban J connectivity index is 1.54. The van der Waals surface area contributed by atoms with Gasteiger partial charge in [-0.25, -0.2) is 4.68 Å². The first-order valence-corrected chi connectivity index (χ1v) is 10.2. The van der Waals surface area contributed by atoms with Gasteiger partial charge in [-0.2, -0.15) is 5.10 Å². The highest BCUT2D eigenvalue weighted by atomic mass is 16.2. The van der Waals surface area contributed by atoms with E-state index in [1.807, 2.05) is 29.1 Å². The van der Waals surface area contributed by atoms with E-state index in [2.05, 4.69) is 41.3 Å². The summed E-state index contributed by atoms with van der Waals surface area (Å²) in [6.07, 6.45) is 7.57. The van der Waals surface area contributed by atoms with Crippen LogP contribution in [-0.4, -0.2) is 40.2 Å². The van der Waals surface area contributed by atoms with Crippen molar-refractivity contribution in [2.24, 2.45) is 5.41 Å². The van der Waals surface area contributed by atoms with Gasteiger partial charge in [-0.05, 0) is 56.3 Å². The van der Waals surface area contributed by atoms with Crippen molar-refractivity contribution >= 4 is 5.91 Å². The molecule has 1 aromatic carbocycles. The number of piperidine rings is 1. The van der Waals surface area contributed by atoms with Gasteiger partial charge in [0.2, 0.25) is 5.91 Å². The maximum absolute atomic E-state index is 12.7. The summed E-state index contributed by atoms with van der Waals surface area (Å²) in [5, 5.41) is 7.97. The van der Waals surface area contributed by atoms with E-state index >= 15 is 0 Å². The van der Waals surface area contributed by atoms with E-state index in [0.717, 1.165) is 31.6 Å². The second-order valence-corrected chi connectivity index (χ2v) is 8.80. The van der Waals surface area contributed by atoms with Crippen LogP contribution in [0.5, 0.6) is 0 Å². The van der Waals surface area contributed by atoms with Crippen LogP contribution < -0.4 is 5.32 Å². The summed E-state index contributed by atoms with van der Waals surface area (Å²) in [5.41, 5.74) is 3.60. The number of aromatic nitrogens is 2. The fourth-order valence-corrected chi connectivity index (χ4v) is 4.52.